The van der Waals surface area contributed by atoms with Gasteiger partial charge in [-0.2, -0.15) is 0 Å². The normalized spacial score (nSPS) is 30.4. The van der Waals surface area contributed by atoms with E-state index in [2.05, 4.69) is 5.43 Å². The van der Waals surface area contributed by atoms with Crippen LogP contribution in [-0.4, -0.2) is 32.0 Å². The molecule has 0 aromatic rings. The minimum Gasteiger partial charge on any atom is -0.381 e. The molecule has 3 unspecified atom stereocenters. The molecule has 3 N–H and O–H groups in total. The van der Waals surface area contributed by atoms with E-state index in [0.717, 1.165) is 26.2 Å². The van der Waals surface area contributed by atoms with E-state index in [1.807, 2.05) is 6.92 Å². The highest BCUT2D eigenvalue weighted by atomic mass is 16.5. The van der Waals surface area contributed by atoms with Crippen LogP contribution in [0.5, 0.6) is 0 Å². The second-order valence-electron chi connectivity index (χ2n) is 4.57. The topological polar surface area (TPSA) is 56.5 Å². The summed E-state index contributed by atoms with van der Waals surface area (Å²) in [4.78, 5) is 0. The van der Waals surface area contributed by atoms with E-state index in [1.54, 1.807) is 0 Å². The molecule has 0 amide bonds. The van der Waals surface area contributed by atoms with Crippen molar-refractivity contribution in [1.29, 1.82) is 0 Å². The van der Waals surface area contributed by atoms with E-state index in [4.69, 9.17) is 15.3 Å². The zero-order valence-electron chi connectivity index (χ0n) is 9.45. The predicted molar refractivity (Wildman–Crippen MR) is 58.2 cm³/mol. The van der Waals surface area contributed by atoms with Crippen LogP contribution < -0.4 is 11.3 Å². The van der Waals surface area contributed by atoms with Crippen LogP contribution in [0.25, 0.3) is 0 Å². The zero-order chi connectivity index (χ0) is 10.7. The molecule has 4 nitrogen and oxygen atoms in total. The second kappa shape index (κ2) is 5.25. The first-order valence-electron chi connectivity index (χ1n) is 6.02. The van der Waals surface area contributed by atoms with Gasteiger partial charge in [0.15, 0.2) is 0 Å². The van der Waals surface area contributed by atoms with Gasteiger partial charge in [-0.1, -0.05) is 0 Å². The van der Waals surface area contributed by atoms with E-state index in [-0.39, 0.29) is 12.1 Å². The van der Waals surface area contributed by atoms with Crippen LogP contribution in [0.1, 0.15) is 26.2 Å². The minimum atomic E-state index is 0.264. The van der Waals surface area contributed by atoms with Gasteiger partial charge in [-0.15, -0.1) is 0 Å². The molecule has 1 heterocycles. The van der Waals surface area contributed by atoms with E-state index in [1.165, 1.54) is 12.8 Å². The summed E-state index contributed by atoms with van der Waals surface area (Å²) in [6.07, 6.45) is 3.96. The number of ether oxygens (including phenoxy) is 2. The molecule has 2 aliphatic rings. The fourth-order valence-electron chi connectivity index (χ4n) is 2.49. The summed E-state index contributed by atoms with van der Waals surface area (Å²) in [7, 11) is 0. The molecule has 0 bridgehead atoms. The van der Waals surface area contributed by atoms with Gasteiger partial charge in [0.05, 0.1) is 18.8 Å². The third kappa shape index (κ3) is 2.69. The van der Waals surface area contributed by atoms with E-state index in [9.17, 15) is 0 Å². The molecule has 2 rings (SSSR count). The molecule has 1 aliphatic heterocycles. The zero-order valence-corrected chi connectivity index (χ0v) is 9.45. The van der Waals surface area contributed by atoms with Gasteiger partial charge in [0.2, 0.25) is 0 Å². The van der Waals surface area contributed by atoms with Crippen LogP contribution in [0.3, 0.4) is 0 Å². The third-order valence-corrected chi connectivity index (χ3v) is 3.46. The lowest BCUT2D eigenvalue weighted by Crippen LogP contribution is -2.51. The van der Waals surface area contributed by atoms with E-state index in [0.29, 0.717) is 11.8 Å². The maximum atomic E-state index is 5.83. The molecule has 4 heteroatoms. The Labute approximate surface area is 91.5 Å². The SMILES string of the molecule is CCOC(C1CC1)C(NN)C1CCOC1. The molecular weight excluding hydrogens is 192 g/mol. The highest BCUT2D eigenvalue weighted by molar-refractivity contribution is 4.93. The molecule has 0 radical (unpaired) electrons. The Morgan fingerprint density at radius 2 is 2.20 bits per heavy atom. The molecule has 1 aliphatic carbocycles. The summed E-state index contributed by atoms with van der Waals surface area (Å²) in [5, 5.41) is 0. The molecule has 2 fully saturated rings. The Balaban J connectivity index is 1.94. The first-order valence-corrected chi connectivity index (χ1v) is 6.02. The number of hydrazine groups is 1. The van der Waals surface area contributed by atoms with Crippen molar-refractivity contribution in [2.75, 3.05) is 19.8 Å². The fourth-order valence-corrected chi connectivity index (χ4v) is 2.49. The van der Waals surface area contributed by atoms with Gasteiger partial charge in [-0.25, -0.2) is 0 Å². The van der Waals surface area contributed by atoms with Crippen molar-refractivity contribution in [3.63, 3.8) is 0 Å². The van der Waals surface area contributed by atoms with Gasteiger partial charge < -0.3 is 9.47 Å². The minimum absolute atomic E-state index is 0.264. The molecular formula is C11H22N2O2. The average Bonchev–Trinajstić information content (AvgIpc) is 2.96. The van der Waals surface area contributed by atoms with Crippen molar-refractivity contribution >= 4 is 0 Å². The van der Waals surface area contributed by atoms with Crippen LogP contribution in [0.2, 0.25) is 0 Å². The number of rotatable bonds is 6. The Morgan fingerprint density at radius 1 is 1.40 bits per heavy atom. The maximum Gasteiger partial charge on any atom is 0.0772 e. The summed E-state index contributed by atoms with van der Waals surface area (Å²) in [5.74, 6) is 6.90. The highest BCUT2D eigenvalue weighted by Gasteiger charge is 2.41. The quantitative estimate of drug-likeness (QED) is 0.504. The Hall–Kier alpha value is -0.160. The molecule has 88 valence electrons. The van der Waals surface area contributed by atoms with Gasteiger partial charge in [0.1, 0.15) is 0 Å². The maximum absolute atomic E-state index is 5.83. The Morgan fingerprint density at radius 3 is 2.67 bits per heavy atom. The number of hydrogen-bond acceptors (Lipinski definition) is 4. The van der Waals surface area contributed by atoms with Gasteiger partial charge in [-0.3, -0.25) is 11.3 Å². The lowest BCUT2D eigenvalue weighted by molar-refractivity contribution is 0.00126. The Bertz CT molecular complexity index is 191. The number of hydrogen-bond donors (Lipinski definition) is 2. The molecule has 15 heavy (non-hydrogen) atoms. The highest BCUT2D eigenvalue weighted by Crippen LogP contribution is 2.38. The molecule has 0 spiro atoms. The van der Waals surface area contributed by atoms with Gasteiger partial charge >= 0.3 is 0 Å². The standard InChI is InChI=1S/C11H22N2O2/c1-2-15-11(8-3-4-8)10(13-12)9-5-6-14-7-9/h8-11,13H,2-7,12H2,1H3. The van der Waals surface area contributed by atoms with Crippen molar-refractivity contribution in [3.8, 4) is 0 Å². The first-order chi connectivity index (χ1) is 7.36. The van der Waals surface area contributed by atoms with Crippen LogP contribution in [-0.2, 0) is 9.47 Å². The molecule has 1 saturated heterocycles. The third-order valence-electron chi connectivity index (χ3n) is 3.46. The number of nitrogens with one attached hydrogen (secondary N) is 1. The van der Waals surface area contributed by atoms with E-state index < -0.39 is 0 Å². The predicted octanol–water partition coefficient (Wildman–Crippen LogP) is 0.670. The fraction of sp³-hybridized carbons (Fsp3) is 1.00. The monoisotopic (exact) mass is 214 g/mol. The lowest BCUT2D eigenvalue weighted by atomic mass is 9.92. The summed E-state index contributed by atoms with van der Waals surface area (Å²) in [6.45, 7) is 4.51. The van der Waals surface area contributed by atoms with Crippen molar-refractivity contribution in [1.82, 2.24) is 5.43 Å². The van der Waals surface area contributed by atoms with Crippen molar-refractivity contribution in [2.24, 2.45) is 17.7 Å². The molecule has 0 aromatic carbocycles. The lowest BCUT2D eigenvalue weighted by Gasteiger charge is -2.30. The Kier molecular flexibility index (Phi) is 3.97. The molecule has 0 aromatic heterocycles. The van der Waals surface area contributed by atoms with Gasteiger partial charge in [0.25, 0.3) is 0 Å². The second-order valence-corrected chi connectivity index (χ2v) is 4.57. The summed E-state index contributed by atoms with van der Waals surface area (Å²) < 4.78 is 11.3. The van der Waals surface area contributed by atoms with Gasteiger partial charge in [0, 0.05) is 19.1 Å². The molecule has 1 saturated carbocycles. The van der Waals surface area contributed by atoms with Crippen LogP contribution in [0.4, 0.5) is 0 Å². The first kappa shape index (κ1) is 11.3. The summed E-state index contributed by atoms with van der Waals surface area (Å²) in [5.41, 5.74) is 2.95. The van der Waals surface area contributed by atoms with Crippen molar-refractivity contribution < 1.29 is 9.47 Å². The van der Waals surface area contributed by atoms with Crippen LogP contribution in [0, 0.1) is 11.8 Å². The summed E-state index contributed by atoms with van der Waals surface area (Å²) >= 11 is 0. The van der Waals surface area contributed by atoms with Crippen LogP contribution in [0.15, 0.2) is 0 Å². The van der Waals surface area contributed by atoms with Gasteiger partial charge in [-0.05, 0) is 32.1 Å². The molecule has 3 atom stereocenters. The van der Waals surface area contributed by atoms with Crippen molar-refractivity contribution in [3.05, 3.63) is 0 Å². The number of nitrogens with two attached hydrogens (primary N) is 1. The van der Waals surface area contributed by atoms with Crippen molar-refractivity contribution in [2.45, 2.75) is 38.3 Å². The summed E-state index contributed by atoms with van der Waals surface area (Å²) in [6, 6.07) is 0.264. The van der Waals surface area contributed by atoms with E-state index >= 15 is 0 Å². The largest absolute Gasteiger partial charge is 0.381 e. The van der Waals surface area contributed by atoms with Crippen LogP contribution >= 0.6 is 0 Å². The smallest absolute Gasteiger partial charge is 0.0772 e. The average molecular weight is 214 g/mol.